The molecule has 0 unspecified atom stereocenters. The summed E-state index contributed by atoms with van der Waals surface area (Å²) in [4.78, 5) is 10.7. The van der Waals surface area contributed by atoms with Crippen LogP contribution in [0, 0.1) is 0 Å². The van der Waals surface area contributed by atoms with Crippen LogP contribution in [0.2, 0.25) is 0 Å². The van der Waals surface area contributed by atoms with Crippen LogP contribution in [0.4, 0.5) is 0 Å². The van der Waals surface area contributed by atoms with Crippen molar-refractivity contribution in [3.63, 3.8) is 0 Å². The van der Waals surface area contributed by atoms with Crippen LogP contribution in [0.1, 0.15) is 28.0 Å². The number of rotatable bonds is 2. The van der Waals surface area contributed by atoms with E-state index in [1.165, 1.54) is 28.4 Å². The predicted octanol–water partition coefficient (Wildman–Crippen LogP) is 1.45. The molecular weight excluding hydrogens is 218 g/mol. The smallest absolute Gasteiger partial charge is 0.358 e. The number of hydrogen-bond acceptors (Lipinski definition) is 3. The van der Waals surface area contributed by atoms with Crippen LogP contribution >= 0.6 is 0 Å². The molecule has 1 aromatic carbocycles. The lowest BCUT2D eigenvalue weighted by Crippen LogP contribution is -1.97. The van der Waals surface area contributed by atoms with Gasteiger partial charge in [0.05, 0.1) is 11.9 Å². The Balaban J connectivity index is 2.00. The van der Waals surface area contributed by atoms with Gasteiger partial charge in [0, 0.05) is 0 Å². The minimum Gasteiger partial charge on any atom is -0.476 e. The van der Waals surface area contributed by atoms with Gasteiger partial charge in [0.1, 0.15) is 0 Å². The topological polar surface area (TPSA) is 68.0 Å². The first-order valence-corrected chi connectivity index (χ1v) is 5.52. The van der Waals surface area contributed by atoms with Crippen molar-refractivity contribution in [3.8, 4) is 5.69 Å². The molecule has 2 aromatic rings. The van der Waals surface area contributed by atoms with Crippen LogP contribution in [0.5, 0.6) is 0 Å². The number of hydrogen-bond donors (Lipinski definition) is 1. The van der Waals surface area contributed by atoms with Crippen LogP contribution in [-0.2, 0) is 12.8 Å². The van der Waals surface area contributed by atoms with Crippen LogP contribution in [0.15, 0.2) is 24.4 Å². The molecule has 0 spiro atoms. The maximum Gasteiger partial charge on any atom is 0.358 e. The minimum absolute atomic E-state index is 0.0366. The molecule has 0 atom stereocenters. The van der Waals surface area contributed by atoms with E-state index < -0.39 is 5.97 Å². The third kappa shape index (κ3) is 1.69. The number of carboxylic acid groups (broad SMARTS) is 1. The van der Waals surface area contributed by atoms with Crippen LogP contribution in [0.3, 0.4) is 0 Å². The number of aryl methyl sites for hydroxylation is 2. The molecule has 1 aliphatic carbocycles. The van der Waals surface area contributed by atoms with E-state index in [2.05, 4.69) is 22.4 Å². The standard InChI is InChI=1S/C12H11N3O2/c16-12(17)11-7-15(14-13-11)10-5-4-8-2-1-3-9(8)6-10/h4-7H,1-3H2,(H,16,17). The van der Waals surface area contributed by atoms with Gasteiger partial charge in [0.25, 0.3) is 0 Å². The number of aromatic carboxylic acids is 1. The maximum absolute atomic E-state index is 10.7. The molecule has 0 amide bonds. The van der Waals surface area contributed by atoms with Crippen molar-refractivity contribution in [2.45, 2.75) is 19.3 Å². The van der Waals surface area contributed by atoms with Gasteiger partial charge >= 0.3 is 5.97 Å². The van der Waals surface area contributed by atoms with Crippen LogP contribution in [0.25, 0.3) is 5.69 Å². The summed E-state index contributed by atoms with van der Waals surface area (Å²) in [7, 11) is 0. The van der Waals surface area contributed by atoms with Crippen molar-refractivity contribution < 1.29 is 9.90 Å². The Hall–Kier alpha value is -2.17. The Labute approximate surface area is 97.7 Å². The first kappa shape index (κ1) is 10.0. The van der Waals surface area contributed by atoms with Crippen LogP contribution < -0.4 is 0 Å². The summed E-state index contributed by atoms with van der Waals surface area (Å²) >= 11 is 0. The maximum atomic E-state index is 10.7. The van der Waals surface area contributed by atoms with Gasteiger partial charge in [0.15, 0.2) is 5.69 Å². The van der Waals surface area contributed by atoms with E-state index in [9.17, 15) is 4.79 Å². The highest BCUT2D eigenvalue weighted by Gasteiger charge is 2.13. The summed E-state index contributed by atoms with van der Waals surface area (Å²) < 4.78 is 1.50. The fourth-order valence-electron chi connectivity index (χ4n) is 2.19. The van der Waals surface area contributed by atoms with Crippen molar-refractivity contribution >= 4 is 5.97 Å². The van der Waals surface area contributed by atoms with Gasteiger partial charge in [-0.2, -0.15) is 0 Å². The number of benzene rings is 1. The first-order chi connectivity index (χ1) is 8.24. The molecule has 0 saturated carbocycles. The lowest BCUT2D eigenvalue weighted by molar-refractivity contribution is 0.0690. The Bertz CT molecular complexity index is 589. The van der Waals surface area contributed by atoms with E-state index in [4.69, 9.17) is 5.11 Å². The zero-order chi connectivity index (χ0) is 11.8. The molecule has 0 bridgehead atoms. The van der Waals surface area contributed by atoms with Gasteiger partial charge < -0.3 is 5.11 Å². The number of fused-ring (bicyclic) bond motifs is 1. The van der Waals surface area contributed by atoms with E-state index in [0.29, 0.717) is 0 Å². The molecule has 3 rings (SSSR count). The van der Waals surface area contributed by atoms with Gasteiger partial charge in [-0.25, -0.2) is 9.48 Å². The summed E-state index contributed by atoms with van der Waals surface area (Å²) in [6, 6.07) is 6.09. The largest absolute Gasteiger partial charge is 0.476 e. The predicted molar refractivity (Wildman–Crippen MR) is 60.3 cm³/mol. The third-order valence-corrected chi connectivity index (χ3v) is 3.06. The van der Waals surface area contributed by atoms with Gasteiger partial charge in [-0.3, -0.25) is 0 Å². The molecule has 1 heterocycles. The molecule has 1 N–H and O–H groups in total. The van der Waals surface area contributed by atoms with Crippen LogP contribution in [-0.4, -0.2) is 26.1 Å². The highest BCUT2D eigenvalue weighted by Crippen LogP contribution is 2.24. The fraction of sp³-hybridized carbons (Fsp3) is 0.250. The Kier molecular flexibility index (Phi) is 2.18. The van der Waals surface area contributed by atoms with Gasteiger partial charge in [-0.15, -0.1) is 5.10 Å². The normalized spacial score (nSPS) is 13.6. The van der Waals surface area contributed by atoms with Gasteiger partial charge in [-0.05, 0) is 42.5 Å². The fourth-order valence-corrected chi connectivity index (χ4v) is 2.19. The molecule has 0 saturated heterocycles. The Morgan fingerprint density at radius 3 is 2.88 bits per heavy atom. The van der Waals surface area contributed by atoms with Crippen molar-refractivity contribution in [1.29, 1.82) is 0 Å². The summed E-state index contributed by atoms with van der Waals surface area (Å²) in [6.45, 7) is 0. The molecule has 1 aromatic heterocycles. The number of nitrogens with zero attached hydrogens (tertiary/aromatic N) is 3. The molecule has 17 heavy (non-hydrogen) atoms. The lowest BCUT2D eigenvalue weighted by atomic mass is 10.1. The molecule has 5 nitrogen and oxygen atoms in total. The van der Waals surface area contributed by atoms with E-state index in [1.54, 1.807) is 0 Å². The van der Waals surface area contributed by atoms with Crippen molar-refractivity contribution in [2.75, 3.05) is 0 Å². The summed E-state index contributed by atoms with van der Waals surface area (Å²) in [5, 5.41) is 16.2. The molecule has 86 valence electrons. The zero-order valence-corrected chi connectivity index (χ0v) is 9.13. The summed E-state index contributed by atoms with van der Waals surface area (Å²) in [5.41, 5.74) is 3.54. The Morgan fingerprint density at radius 2 is 2.12 bits per heavy atom. The highest BCUT2D eigenvalue weighted by molar-refractivity contribution is 5.84. The van der Waals surface area contributed by atoms with E-state index >= 15 is 0 Å². The molecule has 1 aliphatic rings. The number of carbonyl (C=O) groups is 1. The number of carboxylic acids is 1. The zero-order valence-electron chi connectivity index (χ0n) is 9.13. The number of aromatic nitrogens is 3. The summed E-state index contributed by atoms with van der Waals surface area (Å²) in [6.07, 6.45) is 4.84. The average Bonchev–Trinajstić information content (AvgIpc) is 2.97. The second-order valence-electron chi connectivity index (χ2n) is 4.16. The van der Waals surface area contributed by atoms with Gasteiger partial charge in [-0.1, -0.05) is 11.3 Å². The lowest BCUT2D eigenvalue weighted by Gasteiger charge is -2.03. The van der Waals surface area contributed by atoms with Crippen molar-refractivity contribution in [2.24, 2.45) is 0 Å². The quantitative estimate of drug-likeness (QED) is 0.846. The minimum atomic E-state index is -1.06. The van der Waals surface area contributed by atoms with E-state index in [0.717, 1.165) is 18.5 Å². The van der Waals surface area contributed by atoms with E-state index in [1.807, 2.05) is 6.07 Å². The monoisotopic (exact) mass is 229 g/mol. The second kappa shape index (κ2) is 3.69. The molecule has 0 aliphatic heterocycles. The first-order valence-electron chi connectivity index (χ1n) is 5.52. The van der Waals surface area contributed by atoms with E-state index in [-0.39, 0.29) is 5.69 Å². The summed E-state index contributed by atoms with van der Waals surface area (Å²) in [5.74, 6) is -1.06. The molecular formula is C12H11N3O2. The molecule has 0 radical (unpaired) electrons. The highest BCUT2D eigenvalue weighted by atomic mass is 16.4. The Morgan fingerprint density at radius 1 is 1.29 bits per heavy atom. The van der Waals surface area contributed by atoms with Gasteiger partial charge in [0.2, 0.25) is 0 Å². The van der Waals surface area contributed by atoms with Crippen molar-refractivity contribution in [1.82, 2.24) is 15.0 Å². The SMILES string of the molecule is O=C(O)c1cn(-c2ccc3c(c2)CCC3)nn1. The third-order valence-electron chi connectivity index (χ3n) is 3.06. The molecule has 0 fully saturated rings. The average molecular weight is 229 g/mol. The second-order valence-corrected chi connectivity index (χ2v) is 4.16. The van der Waals surface area contributed by atoms with Crippen molar-refractivity contribution in [3.05, 3.63) is 41.2 Å². The molecule has 5 heteroatoms.